The summed E-state index contributed by atoms with van der Waals surface area (Å²) in [5, 5.41) is 0.782. The van der Waals surface area contributed by atoms with Crippen molar-refractivity contribution in [1.82, 2.24) is 0 Å². The number of rotatable bonds is 5. The Bertz CT molecular complexity index is 2650. The van der Waals surface area contributed by atoms with Crippen molar-refractivity contribution in [3.63, 3.8) is 0 Å². The van der Waals surface area contributed by atoms with Gasteiger partial charge in [-0.15, -0.1) is 0 Å². The van der Waals surface area contributed by atoms with Crippen molar-refractivity contribution in [2.75, 3.05) is 0 Å². The summed E-state index contributed by atoms with van der Waals surface area (Å²) in [6, 6.07) is 69.3. The fraction of sp³-hybridized carbons (Fsp3) is 0.0769. The van der Waals surface area contributed by atoms with E-state index in [2.05, 4.69) is 196 Å². The molecule has 0 saturated carbocycles. The van der Waals surface area contributed by atoms with Crippen molar-refractivity contribution >= 4 is 11.6 Å². The fourth-order valence-corrected chi connectivity index (χ4v) is 9.72. The van der Waals surface area contributed by atoms with Gasteiger partial charge in [0.1, 0.15) is 0 Å². The molecule has 0 heterocycles. The molecule has 0 aromatic heterocycles. The second kappa shape index (κ2) is 12.1. The van der Waals surface area contributed by atoms with Gasteiger partial charge in [0.05, 0.1) is 5.41 Å². The van der Waals surface area contributed by atoms with Crippen molar-refractivity contribution in [3.8, 4) is 55.6 Å². The Morgan fingerprint density at radius 2 is 0.906 bits per heavy atom. The summed E-state index contributed by atoms with van der Waals surface area (Å²) >= 11 is 6.54. The summed E-state index contributed by atoms with van der Waals surface area (Å²) in [5.74, 6) is 0. The topological polar surface area (TPSA) is 0 Å². The lowest BCUT2D eigenvalue weighted by molar-refractivity contribution is 0.660. The van der Waals surface area contributed by atoms with Crippen LogP contribution < -0.4 is 0 Å². The van der Waals surface area contributed by atoms with Gasteiger partial charge < -0.3 is 0 Å². The molecule has 0 N–H and O–H groups in total. The Kier molecular flexibility index (Phi) is 7.22. The lowest BCUT2D eigenvalue weighted by atomic mass is 9.67. The summed E-state index contributed by atoms with van der Waals surface area (Å²) in [7, 11) is 0. The third-order valence-electron chi connectivity index (χ3n) is 11.8. The van der Waals surface area contributed by atoms with Crippen LogP contribution in [0.3, 0.4) is 0 Å². The number of halogens is 1. The Morgan fingerprint density at radius 1 is 0.340 bits per heavy atom. The van der Waals surface area contributed by atoms with Gasteiger partial charge in [-0.3, -0.25) is 0 Å². The molecule has 0 spiro atoms. The maximum atomic E-state index is 6.54. The first-order chi connectivity index (χ1) is 26.0. The minimum atomic E-state index is -0.460. The van der Waals surface area contributed by atoms with Gasteiger partial charge in [-0.1, -0.05) is 195 Å². The zero-order valence-electron chi connectivity index (χ0n) is 29.8. The predicted octanol–water partition coefficient (Wildman–Crippen LogP) is 14.0. The van der Waals surface area contributed by atoms with Crippen LogP contribution in [0.15, 0.2) is 188 Å². The molecule has 2 aliphatic rings. The smallest absolute Gasteiger partial charge is 0.0713 e. The van der Waals surface area contributed by atoms with Gasteiger partial charge in [0.2, 0.25) is 0 Å². The predicted molar refractivity (Wildman–Crippen MR) is 223 cm³/mol. The zero-order chi connectivity index (χ0) is 35.7. The van der Waals surface area contributed by atoms with Crippen LogP contribution in [-0.4, -0.2) is 0 Å². The van der Waals surface area contributed by atoms with Gasteiger partial charge >= 0.3 is 0 Å². The van der Waals surface area contributed by atoms with E-state index in [4.69, 9.17) is 11.6 Å². The molecule has 0 fully saturated rings. The van der Waals surface area contributed by atoms with Gasteiger partial charge in [-0.05, 0) is 107 Å². The lowest BCUT2D eigenvalue weighted by Gasteiger charge is -2.34. The van der Waals surface area contributed by atoms with Crippen LogP contribution in [0.4, 0.5) is 0 Å². The van der Waals surface area contributed by atoms with Crippen molar-refractivity contribution in [2.45, 2.75) is 24.7 Å². The molecule has 0 bridgehead atoms. The Morgan fingerprint density at radius 3 is 1.62 bits per heavy atom. The maximum Gasteiger partial charge on any atom is 0.0713 e. The SMILES string of the molecule is CC1(C)c2ccc(-c3cccc(-c4cccc5c4-c4ccccc4C5(c4ccccc4)c4ccccc4)c3-c3ccccc3)cc2-c2ccc(Cl)cc21. The third-order valence-corrected chi connectivity index (χ3v) is 12.1. The van der Waals surface area contributed by atoms with Gasteiger partial charge in [0.25, 0.3) is 0 Å². The van der Waals surface area contributed by atoms with Crippen LogP contribution in [-0.2, 0) is 10.8 Å². The Labute approximate surface area is 317 Å². The molecule has 53 heavy (non-hydrogen) atoms. The van der Waals surface area contributed by atoms with E-state index in [9.17, 15) is 0 Å². The highest BCUT2D eigenvalue weighted by molar-refractivity contribution is 6.30. The molecule has 0 atom stereocenters. The first-order valence-electron chi connectivity index (χ1n) is 18.5. The Hall–Kier alpha value is -5.95. The molecule has 0 nitrogen and oxygen atoms in total. The zero-order valence-corrected chi connectivity index (χ0v) is 30.5. The standard InChI is InChI=1S/C52H37Cl/c1-51(2)45-31-28-35(32-44(45)40-30-29-38(53)33-48(40)51)39-23-14-24-41(49(39)34-16-6-3-7-17-34)42-25-15-27-47-50(42)43-22-12-13-26-46(43)52(47,36-18-8-4-9-19-36)37-20-10-5-11-21-37/h3-33H,1-2H3. The van der Waals surface area contributed by atoms with Crippen molar-refractivity contribution in [2.24, 2.45) is 0 Å². The molecule has 8 aromatic rings. The molecular formula is C52H37Cl. The van der Waals surface area contributed by atoms with Crippen LogP contribution in [0.1, 0.15) is 47.2 Å². The second-order valence-electron chi connectivity index (χ2n) is 14.9. The second-order valence-corrected chi connectivity index (χ2v) is 15.4. The molecule has 8 aromatic carbocycles. The largest absolute Gasteiger partial charge is 0.0843 e. The van der Waals surface area contributed by atoms with E-state index >= 15 is 0 Å². The average molecular weight is 697 g/mol. The third kappa shape index (κ3) is 4.62. The van der Waals surface area contributed by atoms with Crippen LogP contribution in [0.5, 0.6) is 0 Å². The van der Waals surface area contributed by atoms with Crippen LogP contribution >= 0.6 is 11.6 Å². The molecular weight excluding hydrogens is 660 g/mol. The van der Waals surface area contributed by atoms with E-state index in [1.165, 1.54) is 89.0 Å². The van der Waals surface area contributed by atoms with E-state index in [1.807, 2.05) is 6.07 Å². The maximum absolute atomic E-state index is 6.54. The minimum Gasteiger partial charge on any atom is -0.0843 e. The first kappa shape index (κ1) is 31.8. The van der Waals surface area contributed by atoms with Gasteiger partial charge in [-0.2, -0.15) is 0 Å². The van der Waals surface area contributed by atoms with E-state index in [0.29, 0.717) is 0 Å². The summed E-state index contributed by atoms with van der Waals surface area (Å²) in [6.07, 6.45) is 0. The molecule has 0 radical (unpaired) electrons. The van der Waals surface area contributed by atoms with E-state index in [0.717, 1.165) is 5.02 Å². The quantitative estimate of drug-likeness (QED) is 0.168. The monoisotopic (exact) mass is 696 g/mol. The summed E-state index contributed by atoms with van der Waals surface area (Å²) < 4.78 is 0. The molecule has 0 amide bonds. The molecule has 10 rings (SSSR count). The summed E-state index contributed by atoms with van der Waals surface area (Å²) in [5.41, 5.74) is 19.7. The molecule has 252 valence electrons. The Balaban J connectivity index is 1.26. The summed E-state index contributed by atoms with van der Waals surface area (Å²) in [4.78, 5) is 0. The van der Waals surface area contributed by atoms with Gasteiger partial charge in [0.15, 0.2) is 0 Å². The first-order valence-corrected chi connectivity index (χ1v) is 18.8. The number of hydrogen-bond acceptors (Lipinski definition) is 0. The van der Waals surface area contributed by atoms with Crippen LogP contribution in [0.2, 0.25) is 5.02 Å². The molecule has 0 aliphatic heterocycles. The minimum absolute atomic E-state index is 0.125. The highest BCUT2D eigenvalue weighted by Crippen LogP contribution is 2.59. The lowest BCUT2D eigenvalue weighted by Crippen LogP contribution is -2.28. The molecule has 2 aliphatic carbocycles. The highest BCUT2D eigenvalue weighted by Gasteiger charge is 2.47. The van der Waals surface area contributed by atoms with Crippen molar-refractivity contribution in [1.29, 1.82) is 0 Å². The van der Waals surface area contributed by atoms with Crippen LogP contribution in [0.25, 0.3) is 55.6 Å². The number of hydrogen-bond donors (Lipinski definition) is 0. The number of fused-ring (bicyclic) bond motifs is 6. The normalized spacial score (nSPS) is 14.2. The fourth-order valence-electron chi connectivity index (χ4n) is 9.54. The molecule has 0 unspecified atom stereocenters. The number of benzene rings is 8. The van der Waals surface area contributed by atoms with Gasteiger partial charge in [-0.25, -0.2) is 0 Å². The average Bonchev–Trinajstić information content (AvgIpc) is 3.64. The summed E-state index contributed by atoms with van der Waals surface area (Å²) in [6.45, 7) is 4.62. The van der Waals surface area contributed by atoms with E-state index < -0.39 is 5.41 Å². The van der Waals surface area contributed by atoms with Gasteiger partial charge in [0, 0.05) is 10.4 Å². The van der Waals surface area contributed by atoms with E-state index in [1.54, 1.807) is 0 Å². The molecule has 0 saturated heterocycles. The van der Waals surface area contributed by atoms with Crippen molar-refractivity contribution in [3.05, 3.63) is 226 Å². The van der Waals surface area contributed by atoms with Crippen molar-refractivity contribution < 1.29 is 0 Å². The molecule has 1 heteroatoms. The van der Waals surface area contributed by atoms with Crippen LogP contribution in [0, 0.1) is 0 Å². The van der Waals surface area contributed by atoms with E-state index in [-0.39, 0.29) is 5.41 Å². The highest BCUT2D eigenvalue weighted by atomic mass is 35.5.